The second-order valence-corrected chi connectivity index (χ2v) is 2.33. The van der Waals surface area contributed by atoms with Gasteiger partial charge in [-0.15, -0.1) is 0 Å². The smallest absolute Gasteiger partial charge is 0.251 e. The van der Waals surface area contributed by atoms with Crippen molar-refractivity contribution < 1.29 is 4.79 Å². The van der Waals surface area contributed by atoms with Crippen molar-refractivity contribution in [3.8, 4) is 0 Å². The van der Waals surface area contributed by atoms with Crippen LogP contribution in [0.5, 0.6) is 0 Å². The van der Waals surface area contributed by atoms with Crippen LogP contribution in [0.15, 0.2) is 30.7 Å². The Labute approximate surface area is 70.4 Å². The highest BCUT2D eigenvalue weighted by Gasteiger charge is 2.01. The van der Waals surface area contributed by atoms with Crippen molar-refractivity contribution in [3.63, 3.8) is 0 Å². The van der Waals surface area contributed by atoms with Gasteiger partial charge in [-0.1, -0.05) is 6.58 Å². The lowest BCUT2D eigenvalue weighted by Crippen LogP contribution is -2.12. The molecule has 0 saturated heterocycles. The molecule has 0 atom stereocenters. The summed E-state index contributed by atoms with van der Waals surface area (Å²) in [4.78, 5) is 18.7. The molecule has 1 aromatic rings. The summed E-state index contributed by atoms with van der Waals surface area (Å²) in [6.45, 7) is 5.12. The Kier molecular flexibility index (Phi) is 2.53. The third-order valence-corrected chi connectivity index (χ3v) is 1.19. The Morgan fingerprint density at radius 2 is 2.33 bits per heavy atom. The fourth-order valence-electron chi connectivity index (χ4n) is 0.587. The van der Waals surface area contributed by atoms with Crippen LogP contribution in [0.1, 0.15) is 6.92 Å². The first kappa shape index (κ1) is 8.39. The molecule has 4 heteroatoms. The standard InChI is InChI=1S/C8H9N3O/c1-6(2)8(12)11-7-5-9-3-4-10-7/h3-5H,1H2,2H3,(H,10,11,12). The van der Waals surface area contributed by atoms with Crippen LogP contribution in [0.4, 0.5) is 5.82 Å². The number of rotatable bonds is 2. The summed E-state index contributed by atoms with van der Waals surface area (Å²) >= 11 is 0. The fourth-order valence-corrected chi connectivity index (χ4v) is 0.587. The molecule has 0 spiro atoms. The summed E-state index contributed by atoms with van der Waals surface area (Å²) in [5, 5.41) is 2.53. The van der Waals surface area contributed by atoms with Crippen LogP contribution in [0, 0.1) is 0 Å². The normalized spacial score (nSPS) is 9.08. The molecule has 0 aromatic carbocycles. The van der Waals surface area contributed by atoms with Crippen molar-refractivity contribution in [3.05, 3.63) is 30.7 Å². The highest BCUT2D eigenvalue weighted by molar-refractivity contribution is 6.02. The molecule has 0 aliphatic heterocycles. The molecule has 0 saturated carbocycles. The second-order valence-electron chi connectivity index (χ2n) is 2.33. The molecule has 12 heavy (non-hydrogen) atoms. The molecule has 1 N–H and O–H groups in total. The fraction of sp³-hybridized carbons (Fsp3) is 0.125. The lowest BCUT2D eigenvalue weighted by Gasteiger charge is -2.00. The Hall–Kier alpha value is -1.71. The molecule has 1 rings (SSSR count). The van der Waals surface area contributed by atoms with Gasteiger partial charge in [0.2, 0.25) is 0 Å². The van der Waals surface area contributed by atoms with Crippen molar-refractivity contribution in [1.29, 1.82) is 0 Å². The van der Waals surface area contributed by atoms with E-state index in [-0.39, 0.29) is 5.91 Å². The van der Waals surface area contributed by atoms with Crippen LogP contribution in [0.3, 0.4) is 0 Å². The lowest BCUT2D eigenvalue weighted by atomic mass is 10.3. The number of hydrogen-bond donors (Lipinski definition) is 1. The van der Waals surface area contributed by atoms with Crippen LogP contribution in [-0.4, -0.2) is 15.9 Å². The first-order valence-corrected chi connectivity index (χ1v) is 3.43. The minimum atomic E-state index is -0.240. The molecule has 1 aromatic heterocycles. The van der Waals surface area contributed by atoms with E-state index in [0.29, 0.717) is 11.4 Å². The minimum Gasteiger partial charge on any atom is -0.306 e. The molecular weight excluding hydrogens is 154 g/mol. The van der Waals surface area contributed by atoms with Crippen LogP contribution >= 0.6 is 0 Å². The van der Waals surface area contributed by atoms with E-state index in [0.717, 1.165) is 0 Å². The molecular formula is C8H9N3O. The number of amides is 1. The van der Waals surface area contributed by atoms with Gasteiger partial charge >= 0.3 is 0 Å². The van der Waals surface area contributed by atoms with Gasteiger partial charge in [0.15, 0.2) is 5.82 Å². The monoisotopic (exact) mass is 163 g/mol. The SMILES string of the molecule is C=C(C)C(=O)Nc1cnccn1. The van der Waals surface area contributed by atoms with Crippen molar-refractivity contribution in [2.45, 2.75) is 6.92 Å². The topological polar surface area (TPSA) is 54.9 Å². The van der Waals surface area contributed by atoms with Gasteiger partial charge in [-0.3, -0.25) is 9.78 Å². The van der Waals surface area contributed by atoms with Crippen LogP contribution < -0.4 is 5.32 Å². The minimum absolute atomic E-state index is 0.240. The van der Waals surface area contributed by atoms with E-state index in [1.807, 2.05) is 0 Å². The van der Waals surface area contributed by atoms with Crippen molar-refractivity contribution >= 4 is 11.7 Å². The van der Waals surface area contributed by atoms with E-state index in [4.69, 9.17) is 0 Å². The lowest BCUT2D eigenvalue weighted by molar-refractivity contribution is -0.112. The van der Waals surface area contributed by atoms with Gasteiger partial charge in [0.05, 0.1) is 6.20 Å². The first-order chi connectivity index (χ1) is 5.70. The van der Waals surface area contributed by atoms with Crippen molar-refractivity contribution in [1.82, 2.24) is 9.97 Å². The van der Waals surface area contributed by atoms with Crippen LogP contribution in [0.25, 0.3) is 0 Å². The Balaban J connectivity index is 2.65. The summed E-state index contributed by atoms with van der Waals surface area (Å²) in [6.07, 6.45) is 4.52. The molecule has 62 valence electrons. The van der Waals surface area contributed by atoms with Gasteiger partial charge in [0.25, 0.3) is 5.91 Å². The number of nitrogens with one attached hydrogen (secondary N) is 1. The highest BCUT2D eigenvalue weighted by Crippen LogP contribution is 1.99. The zero-order valence-electron chi connectivity index (χ0n) is 6.74. The zero-order valence-corrected chi connectivity index (χ0v) is 6.74. The quantitative estimate of drug-likeness (QED) is 0.661. The van der Waals surface area contributed by atoms with Gasteiger partial charge in [-0.25, -0.2) is 4.98 Å². The molecule has 0 aliphatic rings. The average Bonchev–Trinajstić information content (AvgIpc) is 2.06. The summed E-state index contributed by atoms with van der Waals surface area (Å²) in [6, 6.07) is 0. The van der Waals surface area contributed by atoms with Gasteiger partial charge in [0, 0.05) is 18.0 Å². The highest BCUT2D eigenvalue weighted by atomic mass is 16.1. The molecule has 0 fully saturated rings. The Morgan fingerprint density at radius 1 is 1.58 bits per heavy atom. The van der Waals surface area contributed by atoms with Crippen molar-refractivity contribution in [2.75, 3.05) is 5.32 Å². The van der Waals surface area contributed by atoms with Crippen LogP contribution in [-0.2, 0) is 4.79 Å². The summed E-state index contributed by atoms with van der Waals surface area (Å²) in [5.41, 5.74) is 0.445. The second kappa shape index (κ2) is 3.61. The first-order valence-electron chi connectivity index (χ1n) is 3.43. The summed E-state index contributed by atoms with van der Waals surface area (Å²) in [5.74, 6) is 0.195. The predicted octanol–water partition coefficient (Wildman–Crippen LogP) is 0.991. The van der Waals surface area contributed by atoms with Gasteiger partial charge in [-0.2, -0.15) is 0 Å². The number of carbonyl (C=O) groups excluding carboxylic acids is 1. The summed E-state index contributed by atoms with van der Waals surface area (Å²) < 4.78 is 0. The maximum Gasteiger partial charge on any atom is 0.251 e. The largest absolute Gasteiger partial charge is 0.306 e. The van der Waals surface area contributed by atoms with Gasteiger partial charge in [-0.05, 0) is 6.92 Å². The van der Waals surface area contributed by atoms with E-state index in [9.17, 15) is 4.79 Å². The number of anilines is 1. The van der Waals surface area contributed by atoms with E-state index >= 15 is 0 Å². The predicted molar refractivity (Wildman–Crippen MR) is 45.5 cm³/mol. The zero-order chi connectivity index (χ0) is 8.97. The number of aromatic nitrogens is 2. The third-order valence-electron chi connectivity index (χ3n) is 1.19. The van der Waals surface area contributed by atoms with E-state index in [2.05, 4.69) is 21.9 Å². The molecule has 4 nitrogen and oxygen atoms in total. The van der Waals surface area contributed by atoms with Crippen LogP contribution in [0.2, 0.25) is 0 Å². The summed E-state index contributed by atoms with van der Waals surface area (Å²) in [7, 11) is 0. The Bertz CT molecular complexity index is 294. The molecule has 1 heterocycles. The maximum absolute atomic E-state index is 11.0. The van der Waals surface area contributed by atoms with Crippen molar-refractivity contribution in [2.24, 2.45) is 0 Å². The van der Waals surface area contributed by atoms with E-state index in [1.54, 1.807) is 6.92 Å². The molecule has 1 amide bonds. The number of nitrogens with zero attached hydrogens (tertiary/aromatic N) is 2. The van der Waals surface area contributed by atoms with Gasteiger partial charge in [0.1, 0.15) is 0 Å². The number of carbonyl (C=O) groups is 1. The third kappa shape index (κ3) is 2.16. The van der Waals surface area contributed by atoms with E-state index in [1.165, 1.54) is 18.6 Å². The average molecular weight is 163 g/mol. The molecule has 0 radical (unpaired) electrons. The molecule has 0 aliphatic carbocycles. The molecule has 0 unspecified atom stereocenters. The Morgan fingerprint density at radius 3 is 2.83 bits per heavy atom. The van der Waals surface area contributed by atoms with Gasteiger partial charge < -0.3 is 5.32 Å². The molecule has 0 bridgehead atoms. The maximum atomic E-state index is 11.0. The van der Waals surface area contributed by atoms with E-state index < -0.39 is 0 Å². The number of hydrogen-bond acceptors (Lipinski definition) is 3.